The Morgan fingerprint density at radius 2 is 1.73 bits per heavy atom. The zero-order chi connectivity index (χ0) is 18.7. The van der Waals surface area contributed by atoms with E-state index in [2.05, 4.69) is 14.7 Å². The molecule has 3 rings (SSSR count). The van der Waals surface area contributed by atoms with Crippen LogP contribution < -0.4 is 15.4 Å². The second-order valence-corrected chi connectivity index (χ2v) is 5.80. The third-order valence-electron chi connectivity index (χ3n) is 3.80. The van der Waals surface area contributed by atoms with E-state index in [-0.39, 0.29) is 5.75 Å². The minimum absolute atomic E-state index is 0.247. The topological polar surface area (TPSA) is 64.3 Å². The van der Waals surface area contributed by atoms with E-state index in [0.717, 1.165) is 22.2 Å². The maximum Gasteiger partial charge on any atom is 0.573 e. The smallest absolute Gasteiger partial charge is 0.406 e. The largest absolute Gasteiger partial charge is 0.573 e. The minimum Gasteiger partial charge on any atom is -0.406 e. The molecule has 0 aliphatic heterocycles. The van der Waals surface area contributed by atoms with Gasteiger partial charge in [0.2, 0.25) is 0 Å². The van der Waals surface area contributed by atoms with E-state index >= 15 is 0 Å². The van der Waals surface area contributed by atoms with Crippen LogP contribution in [-0.2, 0) is 13.1 Å². The second-order valence-electron chi connectivity index (χ2n) is 5.80. The fourth-order valence-electron chi connectivity index (χ4n) is 2.51. The highest BCUT2D eigenvalue weighted by atomic mass is 19.4. The average Bonchev–Trinajstić information content (AvgIpc) is 2.61. The van der Waals surface area contributed by atoms with Gasteiger partial charge in [0, 0.05) is 20.1 Å². The fourth-order valence-corrected chi connectivity index (χ4v) is 2.51. The van der Waals surface area contributed by atoms with Crippen LogP contribution in [-0.4, -0.2) is 23.4 Å². The summed E-state index contributed by atoms with van der Waals surface area (Å²) >= 11 is 0. The van der Waals surface area contributed by atoms with E-state index < -0.39 is 6.36 Å². The molecule has 0 amide bonds. The molecule has 0 saturated carbocycles. The van der Waals surface area contributed by atoms with Crippen molar-refractivity contribution in [1.29, 1.82) is 0 Å². The van der Waals surface area contributed by atoms with Gasteiger partial charge in [-0.05, 0) is 35.4 Å². The fraction of sp³-hybridized carbons (Fsp3) is 0.222. The van der Waals surface area contributed by atoms with Gasteiger partial charge in [0.15, 0.2) is 0 Å². The number of aromatic nitrogens is 2. The highest BCUT2D eigenvalue weighted by Crippen LogP contribution is 2.23. The molecule has 0 fully saturated rings. The average molecular weight is 362 g/mol. The number of hydrogen-bond acceptors (Lipinski definition) is 5. The van der Waals surface area contributed by atoms with Crippen molar-refractivity contribution < 1.29 is 17.9 Å². The first kappa shape index (κ1) is 17.9. The van der Waals surface area contributed by atoms with E-state index in [0.29, 0.717) is 18.9 Å². The first-order chi connectivity index (χ1) is 12.3. The summed E-state index contributed by atoms with van der Waals surface area (Å²) < 4.78 is 40.5. The zero-order valence-electron chi connectivity index (χ0n) is 14.0. The molecule has 0 radical (unpaired) electrons. The quantitative estimate of drug-likeness (QED) is 0.751. The number of nitrogens with zero attached hydrogens (tertiary/aromatic N) is 3. The Morgan fingerprint density at radius 3 is 2.38 bits per heavy atom. The number of benzene rings is 2. The summed E-state index contributed by atoms with van der Waals surface area (Å²) in [5, 5.41) is 0. The highest BCUT2D eigenvalue weighted by molar-refractivity contribution is 5.76. The van der Waals surface area contributed by atoms with E-state index in [1.54, 1.807) is 18.3 Å². The van der Waals surface area contributed by atoms with Gasteiger partial charge in [0.25, 0.3) is 0 Å². The van der Waals surface area contributed by atoms with Crippen molar-refractivity contribution >= 4 is 16.9 Å². The number of ether oxygens (including phenoxy) is 1. The van der Waals surface area contributed by atoms with Crippen molar-refractivity contribution in [2.45, 2.75) is 19.5 Å². The Balaban J connectivity index is 1.75. The zero-order valence-corrected chi connectivity index (χ0v) is 14.0. The monoisotopic (exact) mass is 362 g/mol. The SMILES string of the molecule is CN(Cc1ccc(OC(F)(F)F)cc1)c1cnc2ccc(CN)cc2n1. The number of halogens is 3. The summed E-state index contributed by atoms with van der Waals surface area (Å²) in [6, 6.07) is 11.4. The van der Waals surface area contributed by atoms with Crippen LogP contribution in [0.15, 0.2) is 48.7 Å². The third kappa shape index (κ3) is 4.40. The van der Waals surface area contributed by atoms with Gasteiger partial charge in [-0.25, -0.2) is 4.98 Å². The van der Waals surface area contributed by atoms with Gasteiger partial charge in [-0.1, -0.05) is 18.2 Å². The Morgan fingerprint density at radius 1 is 1.04 bits per heavy atom. The molecule has 0 saturated heterocycles. The van der Waals surface area contributed by atoms with Gasteiger partial charge in [0.05, 0.1) is 17.2 Å². The van der Waals surface area contributed by atoms with Crippen molar-refractivity contribution in [2.75, 3.05) is 11.9 Å². The Labute approximate surface area is 148 Å². The van der Waals surface area contributed by atoms with Gasteiger partial charge >= 0.3 is 6.36 Å². The standard InChI is InChI=1S/C18H17F3N4O/c1-25(11-12-2-5-14(6-3-12)26-18(19,20)21)17-10-23-15-7-4-13(9-22)8-16(15)24-17/h2-8,10H,9,11,22H2,1H3. The molecule has 2 N–H and O–H groups in total. The molecular formula is C18H17F3N4O. The lowest BCUT2D eigenvalue weighted by Crippen LogP contribution is -2.18. The van der Waals surface area contributed by atoms with Gasteiger partial charge in [-0.2, -0.15) is 0 Å². The van der Waals surface area contributed by atoms with Gasteiger partial charge in [0.1, 0.15) is 11.6 Å². The molecule has 3 aromatic rings. The lowest BCUT2D eigenvalue weighted by molar-refractivity contribution is -0.274. The molecule has 0 aliphatic carbocycles. The van der Waals surface area contributed by atoms with Gasteiger partial charge < -0.3 is 15.4 Å². The normalized spacial score (nSPS) is 11.6. The Kier molecular flexibility index (Phi) is 4.94. The molecular weight excluding hydrogens is 345 g/mol. The Hall–Kier alpha value is -2.87. The molecule has 0 atom stereocenters. The van der Waals surface area contributed by atoms with Crippen LogP contribution in [0, 0.1) is 0 Å². The molecule has 1 aromatic heterocycles. The summed E-state index contributed by atoms with van der Waals surface area (Å²) in [5.74, 6) is 0.408. The number of rotatable bonds is 5. The van der Waals surface area contributed by atoms with Crippen LogP contribution >= 0.6 is 0 Å². The molecule has 1 heterocycles. The van der Waals surface area contributed by atoms with Crippen LogP contribution in [0.5, 0.6) is 5.75 Å². The maximum atomic E-state index is 12.2. The van der Waals surface area contributed by atoms with E-state index in [1.165, 1.54) is 12.1 Å². The summed E-state index contributed by atoms with van der Waals surface area (Å²) in [5.41, 5.74) is 8.95. The van der Waals surface area contributed by atoms with Crippen molar-refractivity contribution in [3.63, 3.8) is 0 Å². The molecule has 0 bridgehead atoms. The number of fused-ring (bicyclic) bond motifs is 1. The van der Waals surface area contributed by atoms with Gasteiger partial charge in [-0.15, -0.1) is 13.2 Å². The van der Waals surface area contributed by atoms with E-state index in [1.807, 2.05) is 30.1 Å². The minimum atomic E-state index is -4.69. The van der Waals surface area contributed by atoms with Crippen molar-refractivity contribution in [3.8, 4) is 5.75 Å². The second kappa shape index (κ2) is 7.17. The van der Waals surface area contributed by atoms with Crippen LogP contribution in [0.1, 0.15) is 11.1 Å². The van der Waals surface area contributed by atoms with Crippen LogP contribution in [0.3, 0.4) is 0 Å². The van der Waals surface area contributed by atoms with Crippen LogP contribution in [0.25, 0.3) is 11.0 Å². The van der Waals surface area contributed by atoms with E-state index in [9.17, 15) is 13.2 Å². The highest BCUT2D eigenvalue weighted by Gasteiger charge is 2.30. The molecule has 0 spiro atoms. The third-order valence-corrected chi connectivity index (χ3v) is 3.80. The Bertz CT molecular complexity index is 897. The predicted molar refractivity (Wildman–Crippen MR) is 92.7 cm³/mol. The molecule has 136 valence electrons. The number of nitrogens with two attached hydrogens (primary N) is 1. The number of anilines is 1. The molecule has 2 aromatic carbocycles. The van der Waals surface area contributed by atoms with Crippen molar-refractivity contribution in [1.82, 2.24) is 9.97 Å². The van der Waals surface area contributed by atoms with E-state index in [4.69, 9.17) is 5.73 Å². The molecule has 0 aliphatic rings. The maximum absolute atomic E-state index is 12.2. The lowest BCUT2D eigenvalue weighted by Gasteiger charge is -2.18. The number of hydrogen-bond donors (Lipinski definition) is 1. The lowest BCUT2D eigenvalue weighted by atomic mass is 10.2. The van der Waals surface area contributed by atoms with Crippen LogP contribution in [0.2, 0.25) is 0 Å². The molecule has 8 heteroatoms. The molecule has 0 unspecified atom stereocenters. The summed E-state index contributed by atoms with van der Waals surface area (Å²) in [6.07, 6.45) is -3.03. The molecule has 26 heavy (non-hydrogen) atoms. The van der Waals surface area contributed by atoms with Crippen LogP contribution in [0.4, 0.5) is 19.0 Å². The molecule has 5 nitrogen and oxygen atoms in total. The number of alkyl halides is 3. The summed E-state index contributed by atoms with van der Waals surface area (Å²) in [4.78, 5) is 10.8. The van der Waals surface area contributed by atoms with Gasteiger partial charge in [-0.3, -0.25) is 4.98 Å². The first-order valence-electron chi connectivity index (χ1n) is 7.85. The summed E-state index contributed by atoms with van der Waals surface area (Å²) in [7, 11) is 1.84. The predicted octanol–water partition coefficient (Wildman–Crippen LogP) is 3.62. The van der Waals surface area contributed by atoms with Crippen molar-refractivity contribution in [2.24, 2.45) is 5.73 Å². The first-order valence-corrected chi connectivity index (χ1v) is 7.85. The summed E-state index contributed by atoms with van der Waals surface area (Å²) in [6.45, 7) is 0.882. The van der Waals surface area contributed by atoms with Crippen molar-refractivity contribution in [3.05, 3.63) is 59.8 Å².